The number of hydrogen-bond acceptors (Lipinski definition) is 5. The summed E-state index contributed by atoms with van der Waals surface area (Å²) in [4.78, 5) is 36.6. The first-order valence-electron chi connectivity index (χ1n) is 6.94. The van der Waals surface area contributed by atoms with Gasteiger partial charge in [-0.2, -0.15) is 0 Å². The molecule has 0 saturated heterocycles. The molecule has 0 bridgehead atoms. The Morgan fingerprint density at radius 2 is 1.50 bits per heavy atom. The van der Waals surface area contributed by atoms with Gasteiger partial charge in [0, 0.05) is 5.92 Å². The van der Waals surface area contributed by atoms with Crippen LogP contribution >= 0.6 is 0 Å². The van der Waals surface area contributed by atoms with Gasteiger partial charge < -0.3 is 9.47 Å². The van der Waals surface area contributed by atoms with Crippen molar-refractivity contribution in [3.63, 3.8) is 0 Å². The monoisotopic (exact) mass is 302 g/mol. The van der Waals surface area contributed by atoms with Crippen LogP contribution in [0.15, 0.2) is 42.0 Å². The number of ketones is 1. The first-order valence-corrected chi connectivity index (χ1v) is 6.94. The van der Waals surface area contributed by atoms with Crippen molar-refractivity contribution in [3.8, 4) is 0 Å². The smallest absolute Gasteiger partial charge is 0.317 e. The third-order valence-electron chi connectivity index (χ3n) is 3.98. The summed E-state index contributed by atoms with van der Waals surface area (Å²) < 4.78 is 9.63. The summed E-state index contributed by atoms with van der Waals surface area (Å²) in [5.41, 5.74) is 1.32. The number of methoxy groups -OCH3 is 2. The van der Waals surface area contributed by atoms with Gasteiger partial charge >= 0.3 is 11.9 Å². The van der Waals surface area contributed by atoms with Crippen molar-refractivity contribution in [3.05, 3.63) is 47.5 Å². The fourth-order valence-corrected chi connectivity index (χ4v) is 2.97. The van der Waals surface area contributed by atoms with Crippen LogP contribution in [0.25, 0.3) is 0 Å². The molecule has 0 radical (unpaired) electrons. The van der Waals surface area contributed by atoms with E-state index in [0.29, 0.717) is 5.57 Å². The van der Waals surface area contributed by atoms with Gasteiger partial charge in [0.05, 0.1) is 20.1 Å². The van der Waals surface area contributed by atoms with Gasteiger partial charge in [-0.15, -0.1) is 0 Å². The Morgan fingerprint density at radius 3 is 2.05 bits per heavy atom. The number of ether oxygens (including phenoxy) is 2. The molecule has 0 spiro atoms. The zero-order chi connectivity index (χ0) is 16.3. The van der Waals surface area contributed by atoms with Gasteiger partial charge in [0.1, 0.15) is 5.92 Å². The van der Waals surface area contributed by atoms with E-state index in [0.717, 1.165) is 5.56 Å². The topological polar surface area (TPSA) is 69.7 Å². The van der Waals surface area contributed by atoms with E-state index < -0.39 is 29.7 Å². The Balaban J connectivity index is 2.60. The lowest BCUT2D eigenvalue weighted by molar-refractivity contribution is -0.152. The molecule has 0 amide bonds. The maximum atomic E-state index is 12.3. The van der Waals surface area contributed by atoms with Gasteiger partial charge in [0.2, 0.25) is 0 Å². The minimum absolute atomic E-state index is 0.349. The molecule has 22 heavy (non-hydrogen) atoms. The summed E-state index contributed by atoms with van der Waals surface area (Å²) in [7, 11) is 2.53. The zero-order valence-electron chi connectivity index (χ0n) is 12.7. The zero-order valence-corrected chi connectivity index (χ0v) is 12.7. The van der Waals surface area contributed by atoms with Gasteiger partial charge in [0.15, 0.2) is 5.78 Å². The summed E-state index contributed by atoms with van der Waals surface area (Å²) in [5.74, 6) is -3.81. The van der Waals surface area contributed by atoms with Crippen molar-refractivity contribution >= 4 is 17.7 Å². The minimum Gasteiger partial charge on any atom is -0.469 e. The van der Waals surface area contributed by atoms with Crippen molar-refractivity contribution in [2.45, 2.75) is 12.8 Å². The molecule has 3 atom stereocenters. The first-order chi connectivity index (χ1) is 10.5. The Kier molecular flexibility index (Phi) is 4.75. The lowest BCUT2D eigenvalue weighted by atomic mass is 9.68. The molecule has 0 aliphatic heterocycles. The van der Waals surface area contributed by atoms with Gasteiger partial charge in [-0.3, -0.25) is 14.4 Å². The van der Waals surface area contributed by atoms with Crippen molar-refractivity contribution in [1.29, 1.82) is 0 Å². The number of benzene rings is 1. The summed E-state index contributed by atoms with van der Waals surface area (Å²) in [6.07, 6.45) is 1.34. The molecular formula is C17H18O5. The fourth-order valence-electron chi connectivity index (χ4n) is 2.97. The molecule has 116 valence electrons. The Morgan fingerprint density at radius 1 is 0.955 bits per heavy atom. The van der Waals surface area contributed by atoms with E-state index in [1.165, 1.54) is 20.3 Å². The second kappa shape index (κ2) is 6.56. The second-order valence-corrected chi connectivity index (χ2v) is 5.23. The molecular weight excluding hydrogens is 284 g/mol. The van der Waals surface area contributed by atoms with Crippen LogP contribution in [-0.4, -0.2) is 31.9 Å². The van der Waals surface area contributed by atoms with Gasteiger partial charge in [-0.1, -0.05) is 35.9 Å². The highest BCUT2D eigenvalue weighted by molar-refractivity contribution is 6.08. The molecule has 1 aromatic rings. The average Bonchev–Trinajstić information content (AvgIpc) is 2.53. The van der Waals surface area contributed by atoms with Gasteiger partial charge in [-0.05, 0) is 18.6 Å². The molecule has 1 aliphatic carbocycles. The quantitative estimate of drug-likeness (QED) is 0.630. The lowest BCUT2D eigenvalue weighted by Gasteiger charge is -2.34. The van der Waals surface area contributed by atoms with E-state index in [9.17, 15) is 14.4 Å². The molecule has 3 unspecified atom stereocenters. The SMILES string of the molecule is COC(=O)C1C(=O)C=C(C)C(C(=O)OC)C1c1ccccc1. The van der Waals surface area contributed by atoms with Crippen LogP contribution in [0.4, 0.5) is 0 Å². The highest BCUT2D eigenvalue weighted by Crippen LogP contribution is 2.41. The van der Waals surface area contributed by atoms with Crippen LogP contribution in [0.5, 0.6) is 0 Å². The molecule has 0 aromatic heterocycles. The highest BCUT2D eigenvalue weighted by atomic mass is 16.5. The third-order valence-corrected chi connectivity index (χ3v) is 3.98. The van der Waals surface area contributed by atoms with Crippen LogP contribution in [0.3, 0.4) is 0 Å². The van der Waals surface area contributed by atoms with E-state index >= 15 is 0 Å². The number of allylic oxidation sites excluding steroid dienone is 1. The van der Waals surface area contributed by atoms with E-state index in [-0.39, 0.29) is 5.78 Å². The second-order valence-electron chi connectivity index (χ2n) is 5.23. The van der Waals surface area contributed by atoms with Crippen LogP contribution < -0.4 is 0 Å². The van der Waals surface area contributed by atoms with Crippen molar-refractivity contribution in [2.24, 2.45) is 11.8 Å². The number of carbonyl (C=O) groups excluding carboxylic acids is 3. The molecule has 0 heterocycles. The number of carbonyl (C=O) groups is 3. The van der Waals surface area contributed by atoms with Crippen LogP contribution in [0.1, 0.15) is 18.4 Å². The van der Waals surface area contributed by atoms with E-state index in [2.05, 4.69) is 0 Å². The molecule has 0 fully saturated rings. The van der Waals surface area contributed by atoms with Crippen LogP contribution in [0, 0.1) is 11.8 Å². The standard InChI is InChI=1S/C17H18O5/c1-10-9-12(18)15(17(20)22-3)14(13(10)16(19)21-2)11-7-5-4-6-8-11/h4-9,13-15H,1-3H3. The number of esters is 2. The van der Waals surface area contributed by atoms with Crippen molar-refractivity contribution in [2.75, 3.05) is 14.2 Å². The highest BCUT2D eigenvalue weighted by Gasteiger charge is 2.47. The normalized spacial score (nSPS) is 24.4. The summed E-state index contributed by atoms with van der Waals surface area (Å²) in [6, 6.07) is 9.02. The lowest BCUT2D eigenvalue weighted by Crippen LogP contribution is -2.41. The van der Waals surface area contributed by atoms with Crippen LogP contribution in [-0.2, 0) is 23.9 Å². The van der Waals surface area contributed by atoms with Gasteiger partial charge in [-0.25, -0.2) is 0 Å². The summed E-state index contributed by atoms with van der Waals surface area (Å²) >= 11 is 0. The van der Waals surface area contributed by atoms with Crippen molar-refractivity contribution in [1.82, 2.24) is 0 Å². The maximum absolute atomic E-state index is 12.3. The number of hydrogen-bond donors (Lipinski definition) is 0. The molecule has 1 aliphatic rings. The van der Waals surface area contributed by atoms with E-state index in [1.807, 2.05) is 6.07 Å². The van der Waals surface area contributed by atoms with Gasteiger partial charge in [0.25, 0.3) is 0 Å². The van der Waals surface area contributed by atoms with Crippen molar-refractivity contribution < 1.29 is 23.9 Å². The van der Waals surface area contributed by atoms with E-state index in [1.54, 1.807) is 31.2 Å². The fraction of sp³-hybridized carbons (Fsp3) is 0.353. The predicted molar refractivity (Wildman–Crippen MR) is 79.0 cm³/mol. The first kappa shape index (κ1) is 15.9. The van der Waals surface area contributed by atoms with Crippen LogP contribution in [0.2, 0.25) is 0 Å². The molecule has 0 N–H and O–H groups in total. The molecule has 5 nitrogen and oxygen atoms in total. The molecule has 5 heteroatoms. The van der Waals surface area contributed by atoms with E-state index in [4.69, 9.17) is 9.47 Å². The Labute approximate surface area is 128 Å². The average molecular weight is 302 g/mol. The molecule has 2 rings (SSSR count). The number of rotatable bonds is 3. The third kappa shape index (κ3) is 2.79. The molecule has 0 saturated carbocycles. The largest absolute Gasteiger partial charge is 0.469 e. The summed E-state index contributed by atoms with van der Waals surface area (Å²) in [5, 5.41) is 0. The Bertz CT molecular complexity index is 617. The maximum Gasteiger partial charge on any atom is 0.317 e. The predicted octanol–water partition coefficient (Wildman–Crippen LogP) is 1.88. The minimum atomic E-state index is -1.04. The molecule has 1 aromatic carbocycles. The Hall–Kier alpha value is -2.43. The summed E-state index contributed by atoms with van der Waals surface area (Å²) in [6.45, 7) is 1.70.